The Morgan fingerprint density at radius 3 is 2.50 bits per heavy atom. The second-order valence-electron chi connectivity index (χ2n) is 7.81. The molecule has 1 atom stereocenters. The number of carboxylic acids is 1. The Bertz CT molecular complexity index is 1330. The molecule has 0 aliphatic rings. The quantitative estimate of drug-likeness (QED) is 0.406. The third-order valence-electron chi connectivity index (χ3n) is 5.58. The van der Waals surface area contributed by atoms with E-state index < -0.39 is 17.9 Å². The van der Waals surface area contributed by atoms with Crippen LogP contribution in [0.2, 0.25) is 0 Å². The number of nitrogens with one attached hydrogen (secondary N) is 1. The van der Waals surface area contributed by atoms with Crippen molar-refractivity contribution < 1.29 is 19.4 Å². The fourth-order valence-corrected chi connectivity index (χ4v) is 3.71. The van der Waals surface area contributed by atoms with Crippen molar-refractivity contribution in [1.29, 1.82) is 0 Å². The smallest absolute Gasteiger partial charge is 0.354 e. The van der Waals surface area contributed by atoms with E-state index >= 15 is 0 Å². The second kappa shape index (κ2) is 9.62. The number of aromatic nitrogens is 4. The van der Waals surface area contributed by atoms with Gasteiger partial charge in [0.1, 0.15) is 17.5 Å². The standard InChI is InChI=1S/C25H25N5O4/c1-16-23(27-24(31)18(3)30-21(25(32)33)13-14-26-30)17(2)29(28-16)15-34-22-12-8-7-11-20(22)19-9-5-4-6-10-19/h4-14,18H,15H2,1-3H3,(H,27,31)(H,32,33). The Hall–Kier alpha value is -4.40. The first-order valence-electron chi connectivity index (χ1n) is 10.8. The van der Waals surface area contributed by atoms with Gasteiger partial charge in [-0.15, -0.1) is 0 Å². The number of aryl methyl sites for hydroxylation is 1. The van der Waals surface area contributed by atoms with Gasteiger partial charge < -0.3 is 15.2 Å². The highest BCUT2D eigenvalue weighted by molar-refractivity contribution is 5.95. The summed E-state index contributed by atoms with van der Waals surface area (Å²) in [5, 5.41) is 20.6. The summed E-state index contributed by atoms with van der Waals surface area (Å²) in [5.41, 5.74) is 3.86. The van der Waals surface area contributed by atoms with Crippen LogP contribution in [0.3, 0.4) is 0 Å². The normalized spacial score (nSPS) is 11.7. The van der Waals surface area contributed by atoms with Crippen LogP contribution in [0.25, 0.3) is 11.1 Å². The van der Waals surface area contributed by atoms with Crippen LogP contribution in [0, 0.1) is 13.8 Å². The molecule has 1 amide bonds. The van der Waals surface area contributed by atoms with Crippen molar-refractivity contribution in [2.75, 3.05) is 5.32 Å². The number of anilines is 1. The minimum atomic E-state index is -1.15. The summed E-state index contributed by atoms with van der Waals surface area (Å²) in [6, 6.07) is 18.3. The first-order chi connectivity index (χ1) is 16.4. The summed E-state index contributed by atoms with van der Waals surface area (Å²) in [4.78, 5) is 24.2. The molecule has 2 aromatic heterocycles. The number of ether oxygens (including phenoxy) is 1. The van der Waals surface area contributed by atoms with E-state index in [-0.39, 0.29) is 12.4 Å². The van der Waals surface area contributed by atoms with Crippen LogP contribution in [-0.4, -0.2) is 36.5 Å². The fourth-order valence-electron chi connectivity index (χ4n) is 3.71. The van der Waals surface area contributed by atoms with Gasteiger partial charge in [-0.05, 0) is 38.5 Å². The molecule has 0 spiro atoms. The predicted molar refractivity (Wildman–Crippen MR) is 127 cm³/mol. The Kier molecular flexibility index (Phi) is 6.44. The van der Waals surface area contributed by atoms with E-state index in [1.54, 1.807) is 18.5 Å². The molecule has 0 aliphatic heterocycles. The monoisotopic (exact) mass is 459 g/mol. The van der Waals surface area contributed by atoms with Crippen molar-refractivity contribution in [2.45, 2.75) is 33.5 Å². The first-order valence-corrected chi connectivity index (χ1v) is 10.8. The number of carbonyl (C=O) groups is 2. The summed E-state index contributed by atoms with van der Waals surface area (Å²) in [5.74, 6) is -0.821. The molecule has 0 saturated heterocycles. The summed E-state index contributed by atoms with van der Waals surface area (Å²) < 4.78 is 8.94. The van der Waals surface area contributed by atoms with Crippen molar-refractivity contribution in [3.63, 3.8) is 0 Å². The molecule has 1 unspecified atom stereocenters. The molecule has 2 heterocycles. The van der Waals surface area contributed by atoms with Crippen LogP contribution in [0.5, 0.6) is 5.75 Å². The van der Waals surface area contributed by atoms with Crippen molar-refractivity contribution in [2.24, 2.45) is 0 Å². The third-order valence-corrected chi connectivity index (χ3v) is 5.58. The van der Waals surface area contributed by atoms with Crippen LogP contribution in [0.4, 0.5) is 5.69 Å². The van der Waals surface area contributed by atoms with Gasteiger partial charge in [0.05, 0.1) is 17.1 Å². The van der Waals surface area contributed by atoms with Gasteiger partial charge in [-0.1, -0.05) is 48.5 Å². The first kappa shape index (κ1) is 22.8. The number of aromatic carboxylic acids is 1. The lowest BCUT2D eigenvalue weighted by Crippen LogP contribution is -2.27. The molecule has 0 saturated carbocycles. The highest BCUT2D eigenvalue weighted by Crippen LogP contribution is 2.30. The lowest BCUT2D eigenvalue weighted by atomic mass is 10.1. The summed E-state index contributed by atoms with van der Waals surface area (Å²) >= 11 is 0. The molecule has 4 rings (SSSR count). The van der Waals surface area contributed by atoms with Crippen LogP contribution in [0.1, 0.15) is 34.8 Å². The molecule has 9 nitrogen and oxygen atoms in total. The largest absolute Gasteiger partial charge is 0.477 e. The van der Waals surface area contributed by atoms with Gasteiger partial charge in [-0.2, -0.15) is 10.2 Å². The van der Waals surface area contributed by atoms with Crippen LogP contribution in [-0.2, 0) is 11.5 Å². The zero-order valence-electron chi connectivity index (χ0n) is 19.1. The molecule has 2 aromatic carbocycles. The highest BCUT2D eigenvalue weighted by Gasteiger charge is 2.23. The Balaban J connectivity index is 1.50. The van der Waals surface area contributed by atoms with Crippen molar-refractivity contribution in [1.82, 2.24) is 19.6 Å². The average Bonchev–Trinajstić information content (AvgIpc) is 3.44. The second-order valence-corrected chi connectivity index (χ2v) is 7.81. The number of hydrogen-bond donors (Lipinski definition) is 2. The fraction of sp³-hybridized carbons (Fsp3) is 0.200. The topological polar surface area (TPSA) is 111 Å². The van der Waals surface area contributed by atoms with Gasteiger partial charge in [-0.3, -0.25) is 4.79 Å². The molecule has 9 heteroatoms. The van der Waals surface area contributed by atoms with E-state index in [0.717, 1.165) is 16.9 Å². The molecule has 0 aliphatic carbocycles. The number of hydrogen-bond acceptors (Lipinski definition) is 5. The molecular weight excluding hydrogens is 434 g/mol. The number of amides is 1. The number of carbonyl (C=O) groups excluding carboxylic acids is 1. The third kappa shape index (κ3) is 4.54. The molecule has 174 valence electrons. The van der Waals surface area contributed by atoms with Gasteiger partial charge in [-0.25, -0.2) is 14.2 Å². The van der Waals surface area contributed by atoms with Crippen LogP contribution in [0.15, 0.2) is 66.9 Å². The zero-order chi connectivity index (χ0) is 24.2. The van der Waals surface area contributed by atoms with E-state index in [2.05, 4.69) is 15.5 Å². The van der Waals surface area contributed by atoms with Crippen LogP contribution >= 0.6 is 0 Å². The highest BCUT2D eigenvalue weighted by atomic mass is 16.5. The van der Waals surface area contributed by atoms with Crippen LogP contribution < -0.4 is 10.1 Å². The minimum Gasteiger partial charge on any atom is -0.477 e. The minimum absolute atomic E-state index is 0.0581. The molecule has 4 aromatic rings. The average molecular weight is 460 g/mol. The van der Waals surface area contributed by atoms with Gasteiger partial charge >= 0.3 is 5.97 Å². The van der Waals surface area contributed by atoms with E-state index in [1.165, 1.54) is 16.9 Å². The lowest BCUT2D eigenvalue weighted by molar-refractivity contribution is -0.119. The van der Waals surface area contributed by atoms with Gasteiger partial charge in [0.15, 0.2) is 6.73 Å². The van der Waals surface area contributed by atoms with E-state index in [9.17, 15) is 14.7 Å². The summed E-state index contributed by atoms with van der Waals surface area (Å²) in [7, 11) is 0. The number of benzene rings is 2. The van der Waals surface area contributed by atoms with Crippen molar-refractivity contribution >= 4 is 17.6 Å². The maximum absolute atomic E-state index is 12.8. The molecular formula is C25H25N5O4. The number of nitrogens with zero attached hydrogens (tertiary/aromatic N) is 4. The van der Waals surface area contributed by atoms with Gasteiger partial charge in [0.2, 0.25) is 5.91 Å². The molecule has 0 fully saturated rings. The number of rotatable bonds is 8. The van der Waals surface area contributed by atoms with E-state index in [1.807, 2.05) is 61.5 Å². The van der Waals surface area contributed by atoms with Gasteiger partial charge in [0, 0.05) is 11.8 Å². The SMILES string of the molecule is Cc1nn(COc2ccccc2-c2ccccc2)c(C)c1NC(=O)C(C)n1nccc1C(=O)O. The van der Waals surface area contributed by atoms with E-state index in [4.69, 9.17) is 4.74 Å². The maximum Gasteiger partial charge on any atom is 0.354 e. The Morgan fingerprint density at radius 1 is 1.06 bits per heavy atom. The molecule has 0 bridgehead atoms. The lowest BCUT2D eigenvalue weighted by Gasteiger charge is -2.15. The maximum atomic E-state index is 12.8. The van der Waals surface area contributed by atoms with Gasteiger partial charge in [0.25, 0.3) is 0 Å². The van der Waals surface area contributed by atoms with E-state index in [0.29, 0.717) is 17.1 Å². The summed E-state index contributed by atoms with van der Waals surface area (Å²) in [6.07, 6.45) is 1.35. The Morgan fingerprint density at radius 2 is 1.76 bits per heavy atom. The van der Waals surface area contributed by atoms with Crippen molar-refractivity contribution in [3.8, 4) is 16.9 Å². The zero-order valence-corrected chi connectivity index (χ0v) is 19.1. The predicted octanol–water partition coefficient (Wildman–Crippen LogP) is 4.30. The van der Waals surface area contributed by atoms with Crippen molar-refractivity contribution in [3.05, 3.63) is 83.9 Å². The number of para-hydroxylation sites is 1. The summed E-state index contributed by atoms with van der Waals surface area (Å²) in [6.45, 7) is 5.37. The molecule has 2 N–H and O–H groups in total. The molecule has 0 radical (unpaired) electrons. The molecule has 34 heavy (non-hydrogen) atoms. The Labute approximate surface area is 196 Å². The number of carboxylic acid groups (broad SMARTS) is 1.